The van der Waals surface area contributed by atoms with Crippen LogP contribution in [-0.2, 0) is 0 Å². The fourth-order valence-electron chi connectivity index (χ4n) is 2.77. The Kier molecular flexibility index (Phi) is 4.65. The Bertz CT molecular complexity index is 1190. The van der Waals surface area contributed by atoms with Gasteiger partial charge in [-0.05, 0) is 30.3 Å². The zero-order valence-electron chi connectivity index (χ0n) is 14.6. The smallest absolute Gasteiger partial charge is 0.124 e. The SMILES string of the molecule is COc1cccc(-c2nc(/C=C(/C#N)c3ccc4ccccc4n3)cs2)c1. The minimum absolute atomic E-state index is 0.489. The Balaban J connectivity index is 1.68. The molecular weight excluding hydrogens is 354 g/mol. The van der Waals surface area contributed by atoms with Gasteiger partial charge >= 0.3 is 0 Å². The van der Waals surface area contributed by atoms with Crippen LogP contribution in [0.25, 0.3) is 33.1 Å². The molecule has 0 saturated carbocycles. The normalized spacial score (nSPS) is 11.3. The van der Waals surface area contributed by atoms with Crippen molar-refractivity contribution in [1.82, 2.24) is 9.97 Å². The van der Waals surface area contributed by atoms with Crippen LogP contribution in [0.2, 0.25) is 0 Å². The maximum absolute atomic E-state index is 9.61. The van der Waals surface area contributed by atoms with Gasteiger partial charge in [-0.25, -0.2) is 9.97 Å². The van der Waals surface area contributed by atoms with E-state index in [-0.39, 0.29) is 0 Å². The van der Waals surface area contributed by atoms with Crippen molar-refractivity contribution in [2.45, 2.75) is 0 Å². The molecule has 0 unspecified atom stereocenters. The maximum Gasteiger partial charge on any atom is 0.124 e. The molecule has 0 N–H and O–H groups in total. The number of benzene rings is 2. The lowest BCUT2D eigenvalue weighted by Crippen LogP contribution is -1.89. The molecule has 4 nitrogen and oxygen atoms in total. The van der Waals surface area contributed by atoms with Gasteiger partial charge in [0.05, 0.1) is 29.6 Å². The highest BCUT2D eigenvalue weighted by atomic mass is 32.1. The Hall–Kier alpha value is -3.49. The molecule has 0 atom stereocenters. The molecule has 0 aliphatic carbocycles. The maximum atomic E-state index is 9.61. The van der Waals surface area contributed by atoms with Crippen molar-refractivity contribution in [3.05, 3.63) is 77.4 Å². The molecule has 0 spiro atoms. The number of methoxy groups -OCH3 is 1. The highest BCUT2D eigenvalue weighted by Gasteiger charge is 2.08. The number of nitriles is 1. The molecule has 0 aliphatic heterocycles. The number of fused-ring (bicyclic) bond motifs is 1. The van der Waals surface area contributed by atoms with Crippen LogP contribution in [-0.4, -0.2) is 17.1 Å². The van der Waals surface area contributed by atoms with Gasteiger partial charge in [0.1, 0.15) is 16.8 Å². The molecule has 4 aromatic rings. The van der Waals surface area contributed by atoms with E-state index >= 15 is 0 Å². The van der Waals surface area contributed by atoms with Crippen LogP contribution in [0.3, 0.4) is 0 Å². The summed E-state index contributed by atoms with van der Waals surface area (Å²) in [5, 5.41) is 13.5. The van der Waals surface area contributed by atoms with Gasteiger partial charge in [-0.2, -0.15) is 5.26 Å². The number of allylic oxidation sites excluding steroid dienone is 1. The number of nitrogens with zero attached hydrogens (tertiary/aromatic N) is 3. The molecule has 5 heteroatoms. The lowest BCUT2D eigenvalue weighted by molar-refractivity contribution is 0.415. The Morgan fingerprint density at radius 2 is 1.96 bits per heavy atom. The van der Waals surface area contributed by atoms with E-state index in [0.29, 0.717) is 11.3 Å². The van der Waals surface area contributed by atoms with E-state index in [1.165, 1.54) is 11.3 Å². The van der Waals surface area contributed by atoms with E-state index in [0.717, 1.165) is 32.9 Å². The molecule has 2 aromatic carbocycles. The van der Waals surface area contributed by atoms with Crippen molar-refractivity contribution in [1.29, 1.82) is 5.26 Å². The number of pyridine rings is 1. The van der Waals surface area contributed by atoms with Gasteiger partial charge in [0.25, 0.3) is 0 Å². The van der Waals surface area contributed by atoms with Crippen molar-refractivity contribution in [2.75, 3.05) is 7.11 Å². The van der Waals surface area contributed by atoms with Crippen molar-refractivity contribution < 1.29 is 4.74 Å². The zero-order valence-corrected chi connectivity index (χ0v) is 15.4. The average molecular weight is 369 g/mol. The van der Waals surface area contributed by atoms with Crippen molar-refractivity contribution >= 4 is 33.9 Å². The van der Waals surface area contributed by atoms with Gasteiger partial charge in [-0.3, -0.25) is 0 Å². The summed E-state index contributed by atoms with van der Waals surface area (Å²) in [4.78, 5) is 9.24. The predicted octanol–water partition coefficient (Wildman–Crippen LogP) is 5.43. The van der Waals surface area contributed by atoms with Crippen LogP contribution < -0.4 is 4.74 Å². The van der Waals surface area contributed by atoms with Crippen molar-refractivity contribution in [3.8, 4) is 22.4 Å². The zero-order chi connectivity index (χ0) is 18.6. The molecule has 0 saturated heterocycles. The largest absolute Gasteiger partial charge is 0.497 e. The standard InChI is InChI=1S/C22H15N3OS/c1-26-19-7-4-6-16(12-19)22-24-18(14-27-22)11-17(13-23)21-10-9-15-5-2-3-8-20(15)25-21/h2-12,14H,1H3/b17-11-. The summed E-state index contributed by atoms with van der Waals surface area (Å²) in [7, 11) is 1.64. The highest BCUT2D eigenvalue weighted by molar-refractivity contribution is 7.13. The molecule has 0 aliphatic rings. The van der Waals surface area contributed by atoms with Crippen LogP contribution >= 0.6 is 11.3 Å². The number of aromatic nitrogens is 2. The van der Waals surface area contributed by atoms with E-state index in [1.807, 2.05) is 66.0 Å². The highest BCUT2D eigenvalue weighted by Crippen LogP contribution is 2.28. The van der Waals surface area contributed by atoms with E-state index in [2.05, 4.69) is 16.0 Å². The van der Waals surface area contributed by atoms with Crippen molar-refractivity contribution in [2.24, 2.45) is 0 Å². The number of hydrogen-bond donors (Lipinski definition) is 0. The van der Waals surface area contributed by atoms with E-state index < -0.39 is 0 Å². The fourth-order valence-corrected chi connectivity index (χ4v) is 3.54. The second-order valence-corrected chi connectivity index (χ2v) is 6.73. The summed E-state index contributed by atoms with van der Waals surface area (Å²) in [5.41, 5.74) is 3.73. The third-order valence-electron chi connectivity index (χ3n) is 4.13. The number of para-hydroxylation sites is 1. The number of ether oxygens (including phenoxy) is 1. The van der Waals surface area contributed by atoms with Crippen LogP contribution in [0.4, 0.5) is 0 Å². The summed E-state index contributed by atoms with van der Waals surface area (Å²) in [6.07, 6.45) is 1.78. The summed E-state index contributed by atoms with van der Waals surface area (Å²) >= 11 is 1.53. The van der Waals surface area contributed by atoms with Gasteiger partial charge in [0.2, 0.25) is 0 Å². The van der Waals surface area contributed by atoms with Crippen LogP contribution in [0.15, 0.2) is 66.0 Å². The van der Waals surface area contributed by atoms with Gasteiger partial charge < -0.3 is 4.74 Å². The molecule has 27 heavy (non-hydrogen) atoms. The number of rotatable bonds is 4. The van der Waals surface area contributed by atoms with Crippen molar-refractivity contribution in [3.63, 3.8) is 0 Å². The van der Waals surface area contributed by atoms with Crippen LogP contribution in [0.5, 0.6) is 5.75 Å². The molecule has 0 fully saturated rings. The van der Waals surface area contributed by atoms with Gasteiger partial charge in [-0.15, -0.1) is 11.3 Å². The van der Waals surface area contributed by atoms with Crippen LogP contribution in [0, 0.1) is 11.3 Å². The second kappa shape index (κ2) is 7.40. The first-order valence-corrected chi connectivity index (χ1v) is 9.23. The average Bonchev–Trinajstić information content (AvgIpc) is 3.20. The molecule has 0 radical (unpaired) electrons. The minimum atomic E-state index is 0.489. The molecule has 130 valence electrons. The first-order valence-electron chi connectivity index (χ1n) is 8.35. The summed E-state index contributed by atoms with van der Waals surface area (Å²) in [5.74, 6) is 0.790. The summed E-state index contributed by atoms with van der Waals surface area (Å²) < 4.78 is 5.27. The Morgan fingerprint density at radius 3 is 2.81 bits per heavy atom. The van der Waals surface area contributed by atoms with E-state index in [1.54, 1.807) is 13.2 Å². The van der Waals surface area contributed by atoms with Gasteiger partial charge in [0.15, 0.2) is 0 Å². The van der Waals surface area contributed by atoms with Gasteiger partial charge in [-0.1, -0.05) is 36.4 Å². The summed E-state index contributed by atoms with van der Waals surface area (Å²) in [6, 6.07) is 21.7. The molecule has 0 amide bonds. The van der Waals surface area contributed by atoms with Gasteiger partial charge in [0, 0.05) is 16.3 Å². The molecule has 0 bridgehead atoms. The molecule has 4 rings (SSSR count). The monoisotopic (exact) mass is 369 g/mol. The first kappa shape index (κ1) is 17.0. The molecule has 2 heterocycles. The van der Waals surface area contributed by atoms with E-state index in [4.69, 9.17) is 4.74 Å². The topological polar surface area (TPSA) is 58.8 Å². The third-order valence-corrected chi connectivity index (χ3v) is 5.04. The molecule has 2 aromatic heterocycles. The minimum Gasteiger partial charge on any atom is -0.497 e. The lowest BCUT2D eigenvalue weighted by Gasteiger charge is -2.02. The first-order chi connectivity index (χ1) is 13.3. The molecular formula is C22H15N3OS. The quantitative estimate of drug-likeness (QED) is 0.450. The fraction of sp³-hybridized carbons (Fsp3) is 0.0455. The van der Waals surface area contributed by atoms with E-state index in [9.17, 15) is 5.26 Å². The second-order valence-electron chi connectivity index (χ2n) is 5.87. The number of hydrogen-bond acceptors (Lipinski definition) is 5. The lowest BCUT2D eigenvalue weighted by atomic mass is 10.1. The Labute approximate surface area is 161 Å². The van der Waals surface area contributed by atoms with Crippen LogP contribution in [0.1, 0.15) is 11.4 Å². The third kappa shape index (κ3) is 3.57. The Morgan fingerprint density at radius 1 is 1.07 bits per heavy atom. The number of thiazole rings is 1. The summed E-state index contributed by atoms with van der Waals surface area (Å²) in [6.45, 7) is 0. The predicted molar refractivity (Wildman–Crippen MR) is 109 cm³/mol.